The van der Waals surface area contributed by atoms with Crippen molar-refractivity contribution in [3.63, 3.8) is 0 Å². The molecule has 2 rings (SSSR count). The van der Waals surface area contributed by atoms with Gasteiger partial charge in [0.1, 0.15) is 6.54 Å². The molecule has 22 heavy (non-hydrogen) atoms. The zero-order chi connectivity index (χ0) is 15.8. The normalized spacial score (nSPS) is 14.1. The van der Waals surface area contributed by atoms with Gasteiger partial charge in [-0.3, -0.25) is 9.59 Å². The van der Waals surface area contributed by atoms with E-state index in [1.165, 1.54) is 30.2 Å². The molecule has 1 aliphatic carbocycles. The summed E-state index contributed by atoms with van der Waals surface area (Å²) in [4.78, 5) is 25.3. The topological polar surface area (TPSA) is 49.4 Å². The molecule has 4 heteroatoms. The Bertz CT molecular complexity index is 537. The van der Waals surface area contributed by atoms with Crippen LogP contribution in [0.4, 0.5) is 5.69 Å². The van der Waals surface area contributed by atoms with Crippen molar-refractivity contribution < 1.29 is 9.59 Å². The van der Waals surface area contributed by atoms with Gasteiger partial charge < -0.3 is 10.2 Å². The number of carbonyl (C=O) groups is 2. The fraction of sp³-hybridized carbons (Fsp3) is 0.444. The predicted octanol–water partition coefficient (Wildman–Crippen LogP) is 3.05. The van der Waals surface area contributed by atoms with Crippen molar-refractivity contribution in [1.82, 2.24) is 5.32 Å². The molecule has 0 aromatic heterocycles. The van der Waals surface area contributed by atoms with E-state index >= 15 is 0 Å². The maximum absolute atomic E-state index is 12.0. The lowest BCUT2D eigenvalue weighted by molar-refractivity contribution is -0.123. The van der Waals surface area contributed by atoms with Gasteiger partial charge in [-0.15, -0.1) is 0 Å². The maximum Gasteiger partial charge on any atom is 0.240 e. The van der Waals surface area contributed by atoms with Gasteiger partial charge in [-0.25, -0.2) is 0 Å². The molecule has 1 aromatic rings. The van der Waals surface area contributed by atoms with Gasteiger partial charge in [0.25, 0.3) is 0 Å². The Balaban J connectivity index is 1.81. The van der Waals surface area contributed by atoms with Crippen LogP contribution in [0.3, 0.4) is 0 Å². The van der Waals surface area contributed by atoms with Crippen LogP contribution in [-0.4, -0.2) is 24.9 Å². The monoisotopic (exact) mass is 300 g/mol. The van der Waals surface area contributed by atoms with E-state index in [2.05, 4.69) is 11.4 Å². The van der Waals surface area contributed by atoms with E-state index in [1.54, 1.807) is 0 Å². The molecule has 1 aromatic carbocycles. The summed E-state index contributed by atoms with van der Waals surface area (Å²) in [5, 5.41) is 2.91. The number of carbonyl (C=O) groups excluding carboxylic acids is 2. The summed E-state index contributed by atoms with van der Waals surface area (Å²) >= 11 is 0. The third kappa shape index (κ3) is 5.02. The smallest absolute Gasteiger partial charge is 0.240 e. The zero-order valence-corrected chi connectivity index (χ0v) is 13.2. The first-order chi connectivity index (χ1) is 10.7. The zero-order valence-electron chi connectivity index (χ0n) is 13.2. The molecule has 0 bridgehead atoms. The average Bonchev–Trinajstić information content (AvgIpc) is 2.54. The van der Waals surface area contributed by atoms with E-state index in [0.29, 0.717) is 6.54 Å². The molecule has 0 atom stereocenters. The molecule has 0 saturated carbocycles. The Morgan fingerprint density at radius 2 is 1.95 bits per heavy atom. The van der Waals surface area contributed by atoms with Crippen molar-refractivity contribution >= 4 is 17.5 Å². The van der Waals surface area contributed by atoms with Gasteiger partial charge in [-0.05, 0) is 44.2 Å². The predicted molar refractivity (Wildman–Crippen MR) is 88.6 cm³/mol. The minimum absolute atomic E-state index is 0.0679. The number of hydrogen-bond donors (Lipinski definition) is 1. The highest BCUT2D eigenvalue weighted by atomic mass is 16.2. The van der Waals surface area contributed by atoms with Crippen molar-refractivity contribution in [2.45, 2.75) is 39.0 Å². The number of rotatable bonds is 6. The summed E-state index contributed by atoms with van der Waals surface area (Å²) in [6.45, 7) is 2.19. The number of nitrogens with zero attached hydrogens (tertiary/aromatic N) is 1. The number of para-hydroxylation sites is 1. The number of nitrogens with one attached hydrogen (secondary N) is 1. The highest BCUT2D eigenvalue weighted by molar-refractivity contribution is 5.97. The fourth-order valence-electron chi connectivity index (χ4n) is 2.69. The van der Waals surface area contributed by atoms with Crippen LogP contribution >= 0.6 is 0 Å². The van der Waals surface area contributed by atoms with E-state index in [0.717, 1.165) is 24.9 Å². The van der Waals surface area contributed by atoms with Crippen LogP contribution in [0, 0.1) is 0 Å². The lowest BCUT2D eigenvalue weighted by Crippen LogP contribution is -2.40. The average molecular weight is 300 g/mol. The van der Waals surface area contributed by atoms with Gasteiger partial charge in [-0.2, -0.15) is 0 Å². The van der Waals surface area contributed by atoms with Gasteiger partial charge >= 0.3 is 0 Å². The van der Waals surface area contributed by atoms with Crippen LogP contribution in [-0.2, 0) is 9.59 Å². The summed E-state index contributed by atoms with van der Waals surface area (Å²) in [5.41, 5.74) is 2.19. The van der Waals surface area contributed by atoms with E-state index in [4.69, 9.17) is 0 Å². The highest BCUT2D eigenvalue weighted by Gasteiger charge is 2.15. The molecule has 0 aliphatic heterocycles. The molecule has 0 radical (unpaired) electrons. The van der Waals surface area contributed by atoms with Crippen molar-refractivity contribution in [2.24, 2.45) is 0 Å². The number of hydrogen-bond acceptors (Lipinski definition) is 2. The summed E-state index contributed by atoms with van der Waals surface area (Å²) in [5.74, 6) is -0.244. The molecule has 1 aliphatic rings. The third-order valence-corrected chi connectivity index (χ3v) is 3.90. The fourth-order valence-corrected chi connectivity index (χ4v) is 2.69. The van der Waals surface area contributed by atoms with Crippen LogP contribution in [0.2, 0.25) is 0 Å². The third-order valence-electron chi connectivity index (χ3n) is 3.90. The number of anilines is 1. The van der Waals surface area contributed by atoms with Crippen molar-refractivity contribution in [1.29, 1.82) is 0 Å². The Hall–Kier alpha value is -2.10. The Morgan fingerprint density at radius 1 is 1.18 bits per heavy atom. The molecular weight excluding hydrogens is 276 g/mol. The molecule has 1 N–H and O–H groups in total. The van der Waals surface area contributed by atoms with Crippen LogP contribution in [0.15, 0.2) is 42.0 Å². The van der Waals surface area contributed by atoms with E-state index < -0.39 is 0 Å². The Kier molecular flexibility index (Phi) is 6.19. The molecule has 0 saturated heterocycles. The second-order valence-corrected chi connectivity index (χ2v) is 5.65. The minimum atomic E-state index is -0.128. The van der Waals surface area contributed by atoms with E-state index in [1.807, 2.05) is 30.3 Å². The van der Waals surface area contributed by atoms with Gasteiger partial charge in [-0.1, -0.05) is 29.8 Å². The molecular formula is C18H24N2O2. The quantitative estimate of drug-likeness (QED) is 0.821. The molecule has 0 heterocycles. The van der Waals surface area contributed by atoms with Gasteiger partial charge in [0.15, 0.2) is 0 Å². The van der Waals surface area contributed by atoms with Crippen molar-refractivity contribution in [3.05, 3.63) is 42.0 Å². The first kappa shape index (κ1) is 16.3. The van der Waals surface area contributed by atoms with E-state index in [-0.39, 0.29) is 18.4 Å². The van der Waals surface area contributed by atoms with Crippen LogP contribution in [0.5, 0.6) is 0 Å². The molecule has 0 spiro atoms. The first-order valence-corrected chi connectivity index (χ1v) is 7.94. The second-order valence-electron chi connectivity index (χ2n) is 5.65. The highest BCUT2D eigenvalue weighted by Crippen LogP contribution is 2.19. The standard InChI is InChI=1S/C18H24N2O2/c1-15(21)20(17-10-6-3-7-11-17)14-18(22)19-13-12-16-8-4-2-5-9-16/h3,6-8,10-11H,2,4-5,9,12-14H2,1H3,(H,19,22). The van der Waals surface area contributed by atoms with Crippen molar-refractivity contribution in [2.75, 3.05) is 18.0 Å². The summed E-state index contributed by atoms with van der Waals surface area (Å²) < 4.78 is 0. The summed E-state index contributed by atoms with van der Waals surface area (Å²) in [7, 11) is 0. The molecule has 2 amide bonds. The maximum atomic E-state index is 12.0. The SMILES string of the molecule is CC(=O)N(CC(=O)NCCC1=CCCCC1)c1ccccc1. The number of allylic oxidation sites excluding steroid dienone is 1. The molecule has 0 fully saturated rings. The Labute approximate surface area is 132 Å². The largest absolute Gasteiger partial charge is 0.354 e. The lowest BCUT2D eigenvalue weighted by Gasteiger charge is -2.20. The lowest BCUT2D eigenvalue weighted by atomic mass is 9.97. The van der Waals surface area contributed by atoms with Gasteiger partial charge in [0.05, 0.1) is 0 Å². The second kappa shape index (κ2) is 8.37. The van der Waals surface area contributed by atoms with Gasteiger partial charge in [0.2, 0.25) is 11.8 Å². The van der Waals surface area contributed by atoms with Crippen LogP contribution in [0.1, 0.15) is 39.0 Å². The molecule has 0 unspecified atom stereocenters. The van der Waals surface area contributed by atoms with Crippen LogP contribution in [0.25, 0.3) is 0 Å². The van der Waals surface area contributed by atoms with Crippen LogP contribution < -0.4 is 10.2 Å². The number of amides is 2. The Morgan fingerprint density at radius 3 is 2.59 bits per heavy atom. The van der Waals surface area contributed by atoms with Crippen molar-refractivity contribution in [3.8, 4) is 0 Å². The van der Waals surface area contributed by atoms with E-state index in [9.17, 15) is 9.59 Å². The summed E-state index contributed by atoms with van der Waals surface area (Å²) in [6, 6.07) is 9.28. The number of benzene rings is 1. The van der Waals surface area contributed by atoms with Gasteiger partial charge in [0, 0.05) is 19.2 Å². The molecule has 4 nitrogen and oxygen atoms in total. The summed E-state index contributed by atoms with van der Waals surface area (Å²) in [6.07, 6.45) is 8.06. The minimum Gasteiger partial charge on any atom is -0.354 e. The molecule has 118 valence electrons. The first-order valence-electron chi connectivity index (χ1n) is 7.94.